The lowest BCUT2D eigenvalue weighted by Gasteiger charge is -2.36. The van der Waals surface area contributed by atoms with Crippen LogP contribution in [0.2, 0.25) is 0 Å². The summed E-state index contributed by atoms with van der Waals surface area (Å²) in [5.74, 6) is -2.06. The minimum Gasteiger partial charge on any atom is -0.457 e. The molecule has 0 spiro atoms. The van der Waals surface area contributed by atoms with Crippen LogP contribution in [0.15, 0.2) is 71.5 Å². The summed E-state index contributed by atoms with van der Waals surface area (Å²) in [6.45, 7) is 1.66. The highest BCUT2D eigenvalue weighted by Crippen LogP contribution is 2.41. The predicted octanol–water partition coefficient (Wildman–Crippen LogP) is 2.73. The molecule has 9 nitrogen and oxygen atoms in total. The summed E-state index contributed by atoms with van der Waals surface area (Å²) in [6.07, 6.45) is -3.60. The Hall–Kier alpha value is -4.34. The molecule has 4 heterocycles. The summed E-state index contributed by atoms with van der Waals surface area (Å²) >= 11 is 0. The lowest BCUT2D eigenvalue weighted by Crippen LogP contribution is -2.49. The number of benzene rings is 2. The molecule has 2 aromatic heterocycles. The topological polar surface area (TPSA) is 128 Å². The van der Waals surface area contributed by atoms with E-state index in [1.54, 1.807) is 47.9 Å². The molecular weight excluding hydrogens is 488 g/mol. The smallest absolute Gasteiger partial charge is 0.355 e. The van der Waals surface area contributed by atoms with Crippen molar-refractivity contribution in [3.05, 3.63) is 99.3 Å². The number of hydrogen-bond donors (Lipinski definition) is 2. The SMILES string of the molecule is CC[C@@]1(OC(=O)[C@H](O)[C@@H](O)c2ccccc2)C(=O)OCc2c1cc1n(c2=O)Cc2cc3ccccc3nc2-1. The van der Waals surface area contributed by atoms with E-state index >= 15 is 0 Å². The Morgan fingerprint density at radius 1 is 1.11 bits per heavy atom. The second-order valence-electron chi connectivity index (χ2n) is 9.48. The van der Waals surface area contributed by atoms with Gasteiger partial charge in [-0.25, -0.2) is 14.6 Å². The second-order valence-corrected chi connectivity index (χ2v) is 9.48. The number of aliphatic hydroxyl groups is 2. The lowest BCUT2D eigenvalue weighted by atomic mass is 9.85. The van der Waals surface area contributed by atoms with Crippen molar-refractivity contribution in [2.45, 2.75) is 44.3 Å². The van der Waals surface area contributed by atoms with E-state index in [1.165, 1.54) is 0 Å². The van der Waals surface area contributed by atoms with E-state index in [4.69, 9.17) is 14.5 Å². The Morgan fingerprint density at radius 2 is 1.84 bits per heavy atom. The Balaban J connectivity index is 1.44. The van der Waals surface area contributed by atoms with Crippen molar-refractivity contribution >= 4 is 22.8 Å². The fourth-order valence-corrected chi connectivity index (χ4v) is 5.28. The van der Waals surface area contributed by atoms with Gasteiger partial charge in [-0.3, -0.25) is 4.79 Å². The molecule has 2 N–H and O–H groups in total. The van der Waals surface area contributed by atoms with Gasteiger partial charge in [-0.05, 0) is 30.2 Å². The zero-order valence-electron chi connectivity index (χ0n) is 20.5. The van der Waals surface area contributed by atoms with Crippen molar-refractivity contribution in [1.29, 1.82) is 0 Å². The first kappa shape index (κ1) is 24.0. The number of ether oxygens (including phenoxy) is 2. The van der Waals surface area contributed by atoms with Crippen LogP contribution in [0, 0.1) is 0 Å². The third-order valence-electron chi connectivity index (χ3n) is 7.34. The van der Waals surface area contributed by atoms with Crippen LogP contribution in [0.5, 0.6) is 0 Å². The number of nitrogens with zero attached hydrogens (tertiary/aromatic N) is 2. The standard InChI is InChI=1S/C29H24N2O7/c1-2-29(38-27(35)25(33)24(32)16-8-4-3-5-9-16)20-13-22-23-18(12-17-10-6-7-11-21(17)30-23)14-31(22)26(34)19(20)15-37-28(29)36/h3-13,24-25,32-33H,2,14-15H2,1H3/t24-,25+,29-/m0/s1. The molecule has 4 aromatic rings. The van der Waals surface area contributed by atoms with Gasteiger partial charge in [-0.2, -0.15) is 0 Å². The summed E-state index contributed by atoms with van der Waals surface area (Å²) in [4.78, 5) is 44.6. The van der Waals surface area contributed by atoms with Crippen LogP contribution < -0.4 is 5.56 Å². The number of cyclic esters (lactones) is 1. The zero-order chi connectivity index (χ0) is 26.6. The van der Waals surface area contributed by atoms with Crippen molar-refractivity contribution in [2.24, 2.45) is 0 Å². The summed E-state index contributed by atoms with van der Waals surface area (Å²) in [5.41, 5.74) is 1.08. The fourth-order valence-electron chi connectivity index (χ4n) is 5.28. The first-order valence-electron chi connectivity index (χ1n) is 12.3. The first-order valence-corrected chi connectivity index (χ1v) is 12.3. The van der Waals surface area contributed by atoms with E-state index in [0.29, 0.717) is 23.5 Å². The lowest BCUT2D eigenvalue weighted by molar-refractivity contribution is -0.197. The maximum absolute atomic E-state index is 13.6. The molecule has 6 rings (SSSR count). The first-order chi connectivity index (χ1) is 18.3. The Morgan fingerprint density at radius 3 is 2.61 bits per heavy atom. The number of hydrogen-bond acceptors (Lipinski definition) is 8. The average molecular weight is 513 g/mol. The molecular formula is C29H24N2O7. The number of fused-ring (bicyclic) bond motifs is 5. The highest BCUT2D eigenvalue weighted by molar-refractivity contribution is 5.89. The number of aliphatic hydroxyl groups excluding tert-OH is 2. The van der Waals surface area contributed by atoms with Gasteiger partial charge in [0.15, 0.2) is 6.10 Å². The number of pyridine rings is 2. The summed E-state index contributed by atoms with van der Waals surface area (Å²) < 4.78 is 12.6. The van der Waals surface area contributed by atoms with Gasteiger partial charge in [0, 0.05) is 16.5 Å². The Labute approximate surface area is 216 Å². The Kier molecular flexibility index (Phi) is 5.62. The van der Waals surface area contributed by atoms with Crippen molar-refractivity contribution in [3.63, 3.8) is 0 Å². The largest absolute Gasteiger partial charge is 0.457 e. The van der Waals surface area contributed by atoms with Crippen molar-refractivity contribution in [1.82, 2.24) is 9.55 Å². The minimum absolute atomic E-state index is 0.0559. The third-order valence-corrected chi connectivity index (χ3v) is 7.34. The molecule has 0 radical (unpaired) electrons. The highest BCUT2D eigenvalue weighted by Gasteiger charge is 2.51. The molecule has 0 aliphatic carbocycles. The monoisotopic (exact) mass is 512 g/mol. The fraction of sp³-hybridized carbons (Fsp3) is 0.241. The number of carbonyl (C=O) groups excluding carboxylic acids is 2. The number of para-hydroxylation sites is 1. The van der Waals surface area contributed by atoms with Crippen LogP contribution in [0.25, 0.3) is 22.3 Å². The maximum Gasteiger partial charge on any atom is 0.355 e. The molecule has 2 aliphatic rings. The van der Waals surface area contributed by atoms with E-state index in [0.717, 1.165) is 16.5 Å². The van der Waals surface area contributed by atoms with Gasteiger partial charge < -0.3 is 24.3 Å². The second kappa shape index (κ2) is 8.90. The normalized spacial score (nSPS) is 19.2. The number of rotatable bonds is 5. The van der Waals surface area contributed by atoms with E-state index in [9.17, 15) is 24.6 Å². The van der Waals surface area contributed by atoms with Crippen molar-refractivity contribution in [2.75, 3.05) is 0 Å². The average Bonchev–Trinajstić information content (AvgIpc) is 3.30. The quantitative estimate of drug-likeness (QED) is 0.344. The third kappa shape index (κ3) is 3.54. The Bertz CT molecular complexity index is 1660. The van der Waals surface area contributed by atoms with E-state index in [1.807, 2.05) is 30.3 Å². The van der Waals surface area contributed by atoms with Gasteiger partial charge >= 0.3 is 11.9 Å². The van der Waals surface area contributed by atoms with Crippen LogP contribution in [-0.2, 0) is 37.8 Å². The number of aromatic nitrogens is 2. The summed E-state index contributed by atoms with van der Waals surface area (Å²) in [7, 11) is 0. The van der Waals surface area contributed by atoms with E-state index < -0.39 is 29.7 Å². The molecule has 0 unspecified atom stereocenters. The van der Waals surface area contributed by atoms with Gasteiger partial charge in [0.05, 0.1) is 29.0 Å². The molecule has 38 heavy (non-hydrogen) atoms. The molecule has 0 bridgehead atoms. The molecule has 2 aromatic carbocycles. The molecule has 0 saturated heterocycles. The van der Waals surface area contributed by atoms with Crippen LogP contribution in [0.3, 0.4) is 0 Å². The van der Waals surface area contributed by atoms with Crippen LogP contribution in [0.1, 0.15) is 41.7 Å². The van der Waals surface area contributed by atoms with Gasteiger partial charge in [-0.1, -0.05) is 55.5 Å². The molecule has 0 fully saturated rings. The van der Waals surface area contributed by atoms with Gasteiger partial charge in [-0.15, -0.1) is 0 Å². The molecule has 0 saturated carbocycles. The van der Waals surface area contributed by atoms with E-state index in [-0.39, 0.29) is 29.7 Å². The van der Waals surface area contributed by atoms with Crippen molar-refractivity contribution < 1.29 is 29.3 Å². The predicted molar refractivity (Wildman–Crippen MR) is 136 cm³/mol. The van der Waals surface area contributed by atoms with Crippen molar-refractivity contribution in [3.8, 4) is 11.4 Å². The number of esters is 2. The van der Waals surface area contributed by atoms with Crippen LogP contribution in [0.4, 0.5) is 0 Å². The molecule has 2 aliphatic heterocycles. The molecule has 3 atom stereocenters. The summed E-state index contributed by atoms with van der Waals surface area (Å²) in [5, 5.41) is 22.1. The summed E-state index contributed by atoms with van der Waals surface area (Å²) in [6, 6.07) is 19.4. The molecule has 192 valence electrons. The number of carbonyl (C=O) groups is 2. The minimum atomic E-state index is -1.98. The zero-order valence-corrected chi connectivity index (χ0v) is 20.5. The molecule has 9 heteroatoms. The van der Waals surface area contributed by atoms with Gasteiger partial charge in [0.2, 0.25) is 5.60 Å². The molecule has 0 amide bonds. The van der Waals surface area contributed by atoms with E-state index in [2.05, 4.69) is 0 Å². The highest BCUT2D eigenvalue weighted by atomic mass is 16.6. The van der Waals surface area contributed by atoms with Crippen LogP contribution in [-0.4, -0.2) is 37.8 Å². The van der Waals surface area contributed by atoms with Gasteiger partial charge in [0.25, 0.3) is 5.56 Å². The maximum atomic E-state index is 13.6. The van der Waals surface area contributed by atoms with Crippen LogP contribution >= 0.6 is 0 Å². The van der Waals surface area contributed by atoms with Gasteiger partial charge in [0.1, 0.15) is 12.7 Å².